The summed E-state index contributed by atoms with van der Waals surface area (Å²) in [6.45, 7) is -0.229. The van der Waals surface area contributed by atoms with Crippen molar-refractivity contribution in [2.75, 3.05) is 20.8 Å². The second kappa shape index (κ2) is 9.59. The number of esters is 2. The third-order valence-electron chi connectivity index (χ3n) is 3.58. The van der Waals surface area contributed by atoms with Crippen molar-refractivity contribution >= 4 is 29.4 Å². The summed E-state index contributed by atoms with van der Waals surface area (Å²) in [4.78, 5) is 35.3. The van der Waals surface area contributed by atoms with Crippen molar-refractivity contribution in [2.24, 2.45) is 0 Å². The number of hydrogen-bond acceptors (Lipinski definition) is 6. The Balaban J connectivity index is 1.85. The molecule has 8 heteroatoms. The van der Waals surface area contributed by atoms with Crippen LogP contribution in [0.5, 0.6) is 5.75 Å². The molecule has 2 aromatic rings. The van der Waals surface area contributed by atoms with E-state index < -0.39 is 24.5 Å². The van der Waals surface area contributed by atoms with Gasteiger partial charge in [-0.3, -0.25) is 4.79 Å². The Morgan fingerprint density at radius 1 is 1.00 bits per heavy atom. The summed E-state index contributed by atoms with van der Waals surface area (Å²) in [6.07, 6.45) is 0. The molecule has 0 radical (unpaired) electrons. The zero-order valence-corrected chi connectivity index (χ0v) is 15.5. The summed E-state index contributed by atoms with van der Waals surface area (Å²) < 4.78 is 14.7. The Morgan fingerprint density at radius 3 is 2.33 bits per heavy atom. The van der Waals surface area contributed by atoms with Gasteiger partial charge in [-0.1, -0.05) is 23.7 Å². The Morgan fingerprint density at radius 2 is 1.70 bits per heavy atom. The van der Waals surface area contributed by atoms with Crippen LogP contribution in [0.1, 0.15) is 26.3 Å². The van der Waals surface area contributed by atoms with Crippen LogP contribution < -0.4 is 10.1 Å². The predicted molar refractivity (Wildman–Crippen MR) is 97.9 cm³/mol. The first kappa shape index (κ1) is 20.3. The smallest absolute Gasteiger partial charge is 0.342 e. The molecule has 7 nitrogen and oxygen atoms in total. The maximum absolute atomic E-state index is 12.1. The highest BCUT2D eigenvalue weighted by molar-refractivity contribution is 6.31. The second-order valence-corrected chi connectivity index (χ2v) is 5.82. The molecule has 1 amide bonds. The van der Waals surface area contributed by atoms with E-state index in [0.717, 1.165) is 5.56 Å². The lowest BCUT2D eigenvalue weighted by molar-refractivity contribution is -0.124. The lowest BCUT2D eigenvalue weighted by Crippen LogP contribution is -2.28. The lowest BCUT2D eigenvalue weighted by atomic mass is 10.1. The highest BCUT2D eigenvalue weighted by atomic mass is 35.5. The minimum absolute atomic E-state index is 0.135. The molecule has 0 saturated heterocycles. The van der Waals surface area contributed by atoms with E-state index in [2.05, 4.69) is 10.1 Å². The zero-order chi connectivity index (χ0) is 19.8. The summed E-state index contributed by atoms with van der Waals surface area (Å²) in [7, 11) is 2.72. The summed E-state index contributed by atoms with van der Waals surface area (Å²) in [5, 5.41) is 2.97. The van der Waals surface area contributed by atoms with E-state index in [0.29, 0.717) is 16.3 Å². The monoisotopic (exact) mass is 391 g/mol. The molecule has 0 aromatic heterocycles. The number of carbonyl (C=O) groups excluding carboxylic acids is 3. The Bertz CT molecular complexity index is 835. The van der Waals surface area contributed by atoms with E-state index in [9.17, 15) is 14.4 Å². The SMILES string of the molecule is COC(=O)c1ccc(CNC(=O)COC(=O)c2cc(Cl)ccc2OC)cc1. The molecule has 27 heavy (non-hydrogen) atoms. The minimum Gasteiger partial charge on any atom is -0.496 e. The standard InChI is InChI=1S/C19H18ClNO6/c1-25-16-8-7-14(20)9-15(16)19(24)27-11-17(22)21-10-12-3-5-13(6-4-12)18(23)26-2/h3-9H,10-11H2,1-2H3,(H,21,22). The fourth-order valence-electron chi connectivity index (χ4n) is 2.18. The van der Waals surface area contributed by atoms with Crippen molar-refractivity contribution in [1.29, 1.82) is 0 Å². The van der Waals surface area contributed by atoms with Crippen LogP contribution in [0.2, 0.25) is 5.02 Å². The summed E-state index contributed by atoms with van der Waals surface area (Å²) >= 11 is 5.87. The molecule has 0 aliphatic heterocycles. The quantitative estimate of drug-likeness (QED) is 0.729. The first-order valence-electron chi connectivity index (χ1n) is 7.89. The van der Waals surface area contributed by atoms with Crippen molar-refractivity contribution in [3.05, 3.63) is 64.2 Å². The first-order chi connectivity index (χ1) is 12.9. The van der Waals surface area contributed by atoms with Crippen LogP contribution in [0.15, 0.2) is 42.5 Å². The minimum atomic E-state index is -0.716. The average Bonchev–Trinajstić information content (AvgIpc) is 2.70. The molecule has 0 fully saturated rings. The van der Waals surface area contributed by atoms with Crippen LogP contribution in [0, 0.1) is 0 Å². The van der Waals surface area contributed by atoms with E-state index in [1.165, 1.54) is 26.4 Å². The van der Waals surface area contributed by atoms with Gasteiger partial charge in [-0.25, -0.2) is 9.59 Å². The first-order valence-corrected chi connectivity index (χ1v) is 8.27. The maximum Gasteiger partial charge on any atom is 0.342 e. The number of amides is 1. The zero-order valence-electron chi connectivity index (χ0n) is 14.8. The topological polar surface area (TPSA) is 90.9 Å². The van der Waals surface area contributed by atoms with Gasteiger partial charge in [0.15, 0.2) is 6.61 Å². The molecule has 0 atom stereocenters. The lowest BCUT2D eigenvalue weighted by Gasteiger charge is -2.10. The highest BCUT2D eigenvalue weighted by Crippen LogP contribution is 2.23. The van der Waals surface area contributed by atoms with Crippen LogP contribution in [0.25, 0.3) is 0 Å². The van der Waals surface area contributed by atoms with Gasteiger partial charge in [0, 0.05) is 11.6 Å². The van der Waals surface area contributed by atoms with Gasteiger partial charge in [-0.05, 0) is 35.9 Å². The molecular formula is C19H18ClNO6. The predicted octanol–water partition coefficient (Wildman–Crippen LogP) is 2.61. The van der Waals surface area contributed by atoms with E-state index in [1.807, 2.05) is 0 Å². The van der Waals surface area contributed by atoms with Gasteiger partial charge in [-0.2, -0.15) is 0 Å². The normalized spacial score (nSPS) is 10.0. The van der Waals surface area contributed by atoms with Gasteiger partial charge < -0.3 is 19.5 Å². The number of hydrogen-bond donors (Lipinski definition) is 1. The molecule has 2 rings (SSSR count). The summed E-state index contributed by atoms with van der Waals surface area (Å²) in [5.74, 6) is -1.32. The summed E-state index contributed by atoms with van der Waals surface area (Å²) in [6, 6.07) is 11.1. The van der Waals surface area contributed by atoms with Crippen LogP contribution in [0.4, 0.5) is 0 Å². The van der Waals surface area contributed by atoms with Gasteiger partial charge in [0.1, 0.15) is 11.3 Å². The number of ether oxygens (including phenoxy) is 3. The van der Waals surface area contributed by atoms with E-state index >= 15 is 0 Å². The van der Waals surface area contributed by atoms with Crippen molar-refractivity contribution in [2.45, 2.75) is 6.54 Å². The van der Waals surface area contributed by atoms with Crippen molar-refractivity contribution < 1.29 is 28.6 Å². The van der Waals surface area contributed by atoms with Crippen LogP contribution in [0.3, 0.4) is 0 Å². The van der Waals surface area contributed by atoms with Crippen molar-refractivity contribution in [1.82, 2.24) is 5.32 Å². The molecule has 0 spiro atoms. The molecule has 0 aliphatic rings. The molecule has 2 aromatic carbocycles. The second-order valence-electron chi connectivity index (χ2n) is 5.39. The van der Waals surface area contributed by atoms with E-state index in [1.54, 1.807) is 30.3 Å². The van der Waals surface area contributed by atoms with Crippen molar-refractivity contribution in [3.8, 4) is 5.75 Å². The highest BCUT2D eigenvalue weighted by Gasteiger charge is 2.16. The van der Waals surface area contributed by atoms with E-state index in [4.69, 9.17) is 21.1 Å². The molecule has 0 heterocycles. The van der Waals surface area contributed by atoms with Crippen molar-refractivity contribution in [3.63, 3.8) is 0 Å². The van der Waals surface area contributed by atoms with Crippen LogP contribution in [-0.2, 0) is 20.8 Å². The van der Waals surface area contributed by atoms with Crippen LogP contribution >= 0.6 is 11.6 Å². The maximum atomic E-state index is 12.1. The molecule has 0 bridgehead atoms. The van der Waals surface area contributed by atoms with Gasteiger partial charge in [0.25, 0.3) is 5.91 Å². The Kier molecular flexibility index (Phi) is 7.19. The molecule has 142 valence electrons. The average molecular weight is 392 g/mol. The number of rotatable bonds is 7. The number of carbonyl (C=O) groups is 3. The third-order valence-corrected chi connectivity index (χ3v) is 3.82. The fourth-order valence-corrected chi connectivity index (χ4v) is 2.35. The third kappa shape index (κ3) is 5.72. The number of nitrogens with one attached hydrogen (secondary N) is 1. The van der Waals surface area contributed by atoms with Gasteiger partial charge in [0.2, 0.25) is 0 Å². The van der Waals surface area contributed by atoms with E-state index in [-0.39, 0.29) is 12.1 Å². The number of halogens is 1. The Hall–Kier alpha value is -3.06. The fraction of sp³-hybridized carbons (Fsp3) is 0.211. The molecule has 0 saturated carbocycles. The molecule has 0 unspecified atom stereocenters. The number of methoxy groups -OCH3 is 2. The molecule has 1 N–H and O–H groups in total. The Labute approximate surface area is 161 Å². The number of benzene rings is 2. The summed E-state index contributed by atoms with van der Waals surface area (Å²) in [5.41, 5.74) is 1.33. The largest absolute Gasteiger partial charge is 0.496 e. The van der Waals surface area contributed by atoms with Crippen LogP contribution in [-0.4, -0.2) is 38.7 Å². The van der Waals surface area contributed by atoms with Gasteiger partial charge in [0.05, 0.1) is 19.8 Å². The molecule has 0 aliphatic carbocycles. The molecular weight excluding hydrogens is 374 g/mol. The van der Waals surface area contributed by atoms with Gasteiger partial charge >= 0.3 is 11.9 Å². The van der Waals surface area contributed by atoms with Gasteiger partial charge in [-0.15, -0.1) is 0 Å².